The van der Waals surface area contributed by atoms with E-state index in [4.69, 9.17) is 15.6 Å². The summed E-state index contributed by atoms with van der Waals surface area (Å²) in [5.41, 5.74) is 6.95. The van der Waals surface area contributed by atoms with Gasteiger partial charge in [0, 0.05) is 22.7 Å². The zero-order chi connectivity index (χ0) is 13.4. The average Bonchev–Trinajstić information content (AvgIpc) is 2.33. The minimum Gasteiger partial charge on any atom is -0.493 e. The predicted molar refractivity (Wildman–Crippen MR) is 77.8 cm³/mol. The zero-order valence-electron chi connectivity index (χ0n) is 10.9. The second kappa shape index (κ2) is 8.51. The fourth-order valence-corrected chi connectivity index (χ4v) is 2.10. The van der Waals surface area contributed by atoms with Crippen molar-refractivity contribution in [2.75, 3.05) is 13.2 Å². The first kappa shape index (κ1) is 15.5. The molecule has 18 heavy (non-hydrogen) atoms. The third kappa shape index (κ3) is 5.38. The SMILES string of the molecule is C[C@@H](N)c1ccc(Br)cc1OCCCCCCO. The van der Waals surface area contributed by atoms with Gasteiger partial charge in [0.15, 0.2) is 0 Å². The van der Waals surface area contributed by atoms with Crippen molar-refractivity contribution >= 4 is 15.9 Å². The maximum absolute atomic E-state index is 8.68. The van der Waals surface area contributed by atoms with Crippen LogP contribution in [0.2, 0.25) is 0 Å². The molecule has 0 aromatic heterocycles. The summed E-state index contributed by atoms with van der Waals surface area (Å²) in [6.45, 7) is 2.93. The molecule has 3 nitrogen and oxygen atoms in total. The summed E-state index contributed by atoms with van der Waals surface area (Å²) in [5, 5.41) is 8.68. The van der Waals surface area contributed by atoms with Gasteiger partial charge < -0.3 is 15.6 Å². The monoisotopic (exact) mass is 315 g/mol. The van der Waals surface area contributed by atoms with Crippen molar-refractivity contribution in [2.24, 2.45) is 5.73 Å². The van der Waals surface area contributed by atoms with Gasteiger partial charge >= 0.3 is 0 Å². The highest BCUT2D eigenvalue weighted by atomic mass is 79.9. The number of ether oxygens (including phenoxy) is 1. The molecule has 0 amide bonds. The van der Waals surface area contributed by atoms with E-state index in [1.807, 2.05) is 25.1 Å². The number of rotatable bonds is 8. The van der Waals surface area contributed by atoms with Crippen molar-refractivity contribution < 1.29 is 9.84 Å². The summed E-state index contributed by atoms with van der Waals surface area (Å²) in [4.78, 5) is 0. The highest BCUT2D eigenvalue weighted by Crippen LogP contribution is 2.27. The zero-order valence-corrected chi connectivity index (χ0v) is 12.4. The number of aliphatic hydroxyl groups is 1. The molecule has 0 heterocycles. The largest absolute Gasteiger partial charge is 0.493 e. The van der Waals surface area contributed by atoms with Gasteiger partial charge in [-0.25, -0.2) is 0 Å². The highest BCUT2D eigenvalue weighted by Gasteiger charge is 2.08. The van der Waals surface area contributed by atoms with Gasteiger partial charge in [0.1, 0.15) is 5.75 Å². The summed E-state index contributed by atoms with van der Waals surface area (Å²) in [6.07, 6.45) is 4.02. The van der Waals surface area contributed by atoms with Gasteiger partial charge in [0.05, 0.1) is 6.61 Å². The molecule has 0 bridgehead atoms. The Morgan fingerprint density at radius 3 is 2.67 bits per heavy atom. The molecule has 4 heteroatoms. The van der Waals surface area contributed by atoms with Crippen LogP contribution >= 0.6 is 15.9 Å². The van der Waals surface area contributed by atoms with E-state index < -0.39 is 0 Å². The van der Waals surface area contributed by atoms with Gasteiger partial charge in [0.2, 0.25) is 0 Å². The number of aliphatic hydroxyl groups excluding tert-OH is 1. The lowest BCUT2D eigenvalue weighted by molar-refractivity contribution is 0.272. The normalized spacial score (nSPS) is 12.4. The first-order chi connectivity index (χ1) is 8.65. The van der Waals surface area contributed by atoms with Crippen molar-refractivity contribution in [3.8, 4) is 5.75 Å². The van der Waals surface area contributed by atoms with Crippen LogP contribution in [0.25, 0.3) is 0 Å². The van der Waals surface area contributed by atoms with E-state index in [2.05, 4.69) is 15.9 Å². The second-order valence-corrected chi connectivity index (χ2v) is 5.37. The fraction of sp³-hybridized carbons (Fsp3) is 0.571. The van der Waals surface area contributed by atoms with Gasteiger partial charge in [-0.15, -0.1) is 0 Å². The number of unbranched alkanes of at least 4 members (excludes halogenated alkanes) is 3. The first-order valence-corrected chi connectivity index (χ1v) is 7.23. The Morgan fingerprint density at radius 2 is 2.00 bits per heavy atom. The predicted octanol–water partition coefficient (Wildman–Crippen LogP) is 3.40. The number of hydrogen-bond donors (Lipinski definition) is 2. The Balaban J connectivity index is 2.43. The number of hydrogen-bond acceptors (Lipinski definition) is 3. The van der Waals surface area contributed by atoms with Crippen LogP contribution in [0.1, 0.15) is 44.2 Å². The van der Waals surface area contributed by atoms with Gasteiger partial charge in [-0.2, -0.15) is 0 Å². The van der Waals surface area contributed by atoms with Crippen LogP contribution in [0.15, 0.2) is 22.7 Å². The lowest BCUT2D eigenvalue weighted by Crippen LogP contribution is -2.08. The quantitative estimate of drug-likeness (QED) is 0.723. The van der Waals surface area contributed by atoms with E-state index in [-0.39, 0.29) is 12.6 Å². The molecule has 1 aromatic carbocycles. The number of nitrogens with two attached hydrogens (primary N) is 1. The van der Waals surface area contributed by atoms with Crippen LogP contribution in [0.3, 0.4) is 0 Å². The third-order valence-corrected chi connectivity index (χ3v) is 3.27. The van der Waals surface area contributed by atoms with E-state index in [1.165, 1.54) is 0 Å². The van der Waals surface area contributed by atoms with Crippen LogP contribution < -0.4 is 10.5 Å². The summed E-state index contributed by atoms with van der Waals surface area (Å²) in [7, 11) is 0. The van der Waals surface area contributed by atoms with E-state index in [1.54, 1.807) is 0 Å². The lowest BCUT2D eigenvalue weighted by atomic mass is 10.1. The molecule has 0 fully saturated rings. The van der Waals surface area contributed by atoms with Crippen molar-refractivity contribution in [2.45, 2.75) is 38.6 Å². The first-order valence-electron chi connectivity index (χ1n) is 6.44. The Bertz CT molecular complexity index is 356. The molecule has 0 aliphatic heterocycles. The number of halogens is 1. The Labute approximate surface area is 117 Å². The molecule has 1 aromatic rings. The molecule has 102 valence electrons. The van der Waals surface area contributed by atoms with Gasteiger partial charge in [-0.3, -0.25) is 0 Å². The van der Waals surface area contributed by atoms with Crippen molar-refractivity contribution in [3.63, 3.8) is 0 Å². The molecule has 1 rings (SSSR count). The minimum atomic E-state index is -0.0255. The van der Waals surface area contributed by atoms with E-state index in [9.17, 15) is 0 Å². The van der Waals surface area contributed by atoms with Crippen LogP contribution in [-0.4, -0.2) is 18.3 Å². The third-order valence-electron chi connectivity index (χ3n) is 2.78. The topological polar surface area (TPSA) is 55.5 Å². The van der Waals surface area contributed by atoms with E-state index in [0.717, 1.165) is 41.5 Å². The van der Waals surface area contributed by atoms with E-state index >= 15 is 0 Å². The van der Waals surface area contributed by atoms with Gasteiger partial charge in [-0.05, 0) is 38.3 Å². The Morgan fingerprint density at radius 1 is 1.28 bits per heavy atom. The molecule has 0 aliphatic rings. The van der Waals surface area contributed by atoms with Gasteiger partial charge in [-0.1, -0.05) is 28.4 Å². The number of benzene rings is 1. The maximum Gasteiger partial charge on any atom is 0.125 e. The highest BCUT2D eigenvalue weighted by molar-refractivity contribution is 9.10. The van der Waals surface area contributed by atoms with Crippen LogP contribution in [-0.2, 0) is 0 Å². The average molecular weight is 316 g/mol. The molecule has 1 atom stereocenters. The molecule has 0 unspecified atom stereocenters. The molecule has 0 saturated carbocycles. The summed E-state index contributed by atoms with van der Waals surface area (Å²) < 4.78 is 6.79. The molecule has 0 spiro atoms. The second-order valence-electron chi connectivity index (χ2n) is 4.46. The molecular weight excluding hydrogens is 294 g/mol. The smallest absolute Gasteiger partial charge is 0.125 e. The van der Waals surface area contributed by atoms with Crippen LogP contribution in [0, 0.1) is 0 Å². The minimum absolute atomic E-state index is 0.0255. The summed E-state index contributed by atoms with van der Waals surface area (Å²) in [6, 6.07) is 5.91. The molecule has 0 aliphatic carbocycles. The van der Waals surface area contributed by atoms with E-state index in [0.29, 0.717) is 6.61 Å². The van der Waals surface area contributed by atoms with Crippen LogP contribution in [0.5, 0.6) is 5.75 Å². The molecule has 0 saturated heterocycles. The summed E-state index contributed by atoms with van der Waals surface area (Å²) in [5.74, 6) is 0.863. The van der Waals surface area contributed by atoms with Crippen molar-refractivity contribution in [1.82, 2.24) is 0 Å². The molecule has 0 radical (unpaired) electrons. The Hall–Kier alpha value is -0.580. The van der Waals surface area contributed by atoms with Crippen molar-refractivity contribution in [1.29, 1.82) is 0 Å². The standard InChI is InChI=1S/C14H22BrNO2/c1-11(16)13-7-6-12(15)10-14(13)18-9-5-3-2-4-8-17/h6-7,10-11,17H,2-5,8-9,16H2,1H3/t11-/m1/s1. The Kier molecular flexibility index (Phi) is 7.32. The summed E-state index contributed by atoms with van der Waals surface area (Å²) >= 11 is 3.44. The molecule has 3 N–H and O–H groups in total. The lowest BCUT2D eigenvalue weighted by Gasteiger charge is -2.14. The van der Waals surface area contributed by atoms with Crippen molar-refractivity contribution in [3.05, 3.63) is 28.2 Å². The molecular formula is C14H22BrNO2. The van der Waals surface area contributed by atoms with Gasteiger partial charge in [0.25, 0.3) is 0 Å². The maximum atomic E-state index is 8.68. The fourth-order valence-electron chi connectivity index (χ4n) is 1.76. The van der Waals surface area contributed by atoms with Crippen LogP contribution in [0.4, 0.5) is 0 Å².